The third-order valence-electron chi connectivity index (χ3n) is 3.79. The average Bonchev–Trinajstić information content (AvgIpc) is 2.57. The first kappa shape index (κ1) is 16.6. The Morgan fingerprint density at radius 2 is 2.10 bits per heavy atom. The van der Waals surface area contributed by atoms with Crippen molar-refractivity contribution in [3.8, 4) is 0 Å². The van der Waals surface area contributed by atoms with E-state index >= 15 is 0 Å². The first-order chi connectivity index (χ1) is 9.75. The molecule has 0 spiro atoms. The Bertz CT molecular complexity index is 465. The number of hydrogen-bond donors (Lipinski definition) is 1. The first-order valence-electron chi connectivity index (χ1n) is 7.84. The van der Waals surface area contributed by atoms with Gasteiger partial charge in [-0.05, 0) is 44.9 Å². The molecule has 0 saturated carbocycles. The van der Waals surface area contributed by atoms with E-state index in [2.05, 4.69) is 73.7 Å². The Morgan fingerprint density at radius 3 is 2.81 bits per heavy atom. The van der Waals surface area contributed by atoms with Crippen LogP contribution < -0.4 is 10.2 Å². The zero-order valence-corrected chi connectivity index (χ0v) is 14.9. The van der Waals surface area contributed by atoms with E-state index in [0.717, 1.165) is 25.5 Å². The summed E-state index contributed by atoms with van der Waals surface area (Å²) in [5.74, 6) is 2.31. The second kappa shape index (κ2) is 6.57. The number of anilines is 1. The Balaban J connectivity index is 2.03. The summed E-state index contributed by atoms with van der Waals surface area (Å²) in [5, 5.41) is 3.54. The molecule has 1 fully saturated rings. The van der Waals surface area contributed by atoms with Crippen LogP contribution in [0.3, 0.4) is 0 Å². The highest BCUT2D eigenvalue weighted by Gasteiger charge is 2.24. The Hall–Kier alpha value is -0.740. The van der Waals surface area contributed by atoms with E-state index in [1.807, 2.05) is 6.20 Å². The van der Waals surface area contributed by atoms with Gasteiger partial charge in [0.15, 0.2) is 0 Å². The molecule has 1 aromatic rings. The molecule has 2 heterocycles. The van der Waals surface area contributed by atoms with Crippen LogP contribution in [0, 0.1) is 0 Å². The van der Waals surface area contributed by atoms with Crippen molar-refractivity contribution < 1.29 is 0 Å². The van der Waals surface area contributed by atoms with E-state index in [9.17, 15) is 0 Å². The summed E-state index contributed by atoms with van der Waals surface area (Å²) in [7, 11) is 0. The van der Waals surface area contributed by atoms with Crippen LogP contribution in [0.2, 0.25) is 0 Å². The average molecular weight is 308 g/mol. The lowest BCUT2D eigenvalue weighted by atomic mass is 10.1. The van der Waals surface area contributed by atoms with E-state index in [1.54, 1.807) is 0 Å². The second-order valence-corrected chi connectivity index (χ2v) is 9.27. The third-order valence-corrected chi connectivity index (χ3v) is 5.17. The summed E-state index contributed by atoms with van der Waals surface area (Å²) >= 11 is 2.08. The summed E-state index contributed by atoms with van der Waals surface area (Å²) in [6, 6.07) is 4.35. The summed E-state index contributed by atoms with van der Waals surface area (Å²) in [5.41, 5.74) is 1.46. The maximum Gasteiger partial charge on any atom is 0.128 e. The van der Waals surface area contributed by atoms with Crippen molar-refractivity contribution in [2.45, 2.75) is 57.9 Å². The predicted octanol–water partition coefficient (Wildman–Crippen LogP) is 3.69. The Labute approximate surface area is 133 Å². The molecular formula is C17H29N3S. The quantitative estimate of drug-likeness (QED) is 0.922. The SMILES string of the molecule is CC(C)(C)NCc1ccnc(N2CCSC(C)(C)CC2)c1. The Morgan fingerprint density at radius 1 is 1.33 bits per heavy atom. The van der Waals surface area contributed by atoms with Gasteiger partial charge in [-0.15, -0.1) is 0 Å². The largest absolute Gasteiger partial charge is 0.356 e. The molecule has 0 bridgehead atoms. The van der Waals surface area contributed by atoms with Gasteiger partial charge in [-0.3, -0.25) is 0 Å². The maximum atomic E-state index is 4.59. The lowest BCUT2D eigenvalue weighted by molar-refractivity contribution is 0.424. The van der Waals surface area contributed by atoms with Crippen molar-refractivity contribution in [1.29, 1.82) is 0 Å². The predicted molar refractivity (Wildman–Crippen MR) is 94.2 cm³/mol. The molecule has 1 N–H and O–H groups in total. The second-order valence-electron chi connectivity index (χ2n) is 7.47. The molecule has 118 valence electrons. The summed E-state index contributed by atoms with van der Waals surface area (Å²) in [6.07, 6.45) is 3.15. The molecule has 1 aliphatic heterocycles. The summed E-state index contributed by atoms with van der Waals surface area (Å²) < 4.78 is 0.389. The number of pyridine rings is 1. The zero-order chi connectivity index (χ0) is 15.5. The van der Waals surface area contributed by atoms with E-state index in [-0.39, 0.29) is 5.54 Å². The van der Waals surface area contributed by atoms with Crippen LogP contribution in [-0.2, 0) is 6.54 Å². The molecule has 0 unspecified atom stereocenters. The van der Waals surface area contributed by atoms with Gasteiger partial charge in [0, 0.05) is 41.9 Å². The zero-order valence-electron chi connectivity index (χ0n) is 14.1. The van der Waals surface area contributed by atoms with Gasteiger partial charge in [0.1, 0.15) is 5.82 Å². The minimum absolute atomic E-state index is 0.146. The molecule has 0 amide bonds. The van der Waals surface area contributed by atoms with Gasteiger partial charge in [-0.2, -0.15) is 11.8 Å². The van der Waals surface area contributed by atoms with Crippen LogP contribution in [0.5, 0.6) is 0 Å². The van der Waals surface area contributed by atoms with Crippen molar-refractivity contribution in [2.75, 3.05) is 23.7 Å². The van der Waals surface area contributed by atoms with Gasteiger partial charge < -0.3 is 10.2 Å². The molecule has 0 aliphatic carbocycles. The van der Waals surface area contributed by atoms with Gasteiger partial charge in [0.25, 0.3) is 0 Å². The van der Waals surface area contributed by atoms with E-state index in [1.165, 1.54) is 17.7 Å². The molecule has 1 aromatic heterocycles. The fourth-order valence-electron chi connectivity index (χ4n) is 2.36. The summed E-state index contributed by atoms with van der Waals surface area (Å²) in [6.45, 7) is 14.4. The molecule has 1 aliphatic rings. The molecule has 1 saturated heterocycles. The van der Waals surface area contributed by atoms with Crippen LogP contribution in [0.15, 0.2) is 18.3 Å². The smallest absolute Gasteiger partial charge is 0.128 e. The summed E-state index contributed by atoms with van der Waals surface area (Å²) in [4.78, 5) is 7.02. The minimum atomic E-state index is 0.146. The molecule has 0 radical (unpaired) electrons. The Kier molecular flexibility index (Phi) is 5.20. The van der Waals surface area contributed by atoms with Gasteiger partial charge in [-0.1, -0.05) is 13.8 Å². The lowest BCUT2D eigenvalue weighted by Gasteiger charge is -2.24. The van der Waals surface area contributed by atoms with Crippen LogP contribution in [0.4, 0.5) is 5.82 Å². The van der Waals surface area contributed by atoms with Crippen LogP contribution in [0.25, 0.3) is 0 Å². The van der Waals surface area contributed by atoms with Crippen molar-refractivity contribution in [3.05, 3.63) is 23.9 Å². The topological polar surface area (TPSA) is 28.2 Å². The third kappa shape index (κ3) is 5.51. The number of rotatable bonds is 3. The van der Waals surface area contributed by atoms with E-state index in [4.69, 9.17) is 0 Å². The van der Waals surface area contributed by atoms with Crippen LogP contribution in [0.1, 0.15) is 46.6 Å². The fraction of sp³-hybridized carbons (Fsp3) is 0.706. The lowest BCUT2D eigenvalue weighted by Crippen LogP contribution is -2.35. The van der Waals surface area contributed by atoms with Crippen molar-refractivity contribution in [3.63, 3.8) is 0 Å². The van der Waals surface area contributed by atoms with E-state index in [0.29, 0.717) is 4.75 Å². The fourth-order valence-corrected chi connectivity index (χ4v) is 3.46. The molecule has 3 nitrogen and oxygen atoms in total. The standard InChI is InChI=1S/C17H29N3S/c1-16(2,3)19-13-14-6-8-18-15(12-14)20-9-7-17(4,5)21-11-10-20/h6,8,12,19H,7,9-11,13H2,1-5H3. The molecule has 2 rings (SSSR count). The highest BCUT2D eigenvalue weighted by atomic mass is 32.2. The van der Waals surface area contributed by atoms with Crippen molar-refractivity contribution in [1.82, 2.24) is 10.3 Å². The van der Waals surface area contributed by atoms with Gasteiger partial charge in [0.05, 0.1) is 0 Å². The first-order valence-corrected chi connectivity index (χ1v) is 8.83. The number of nitrogens with zero attached hydrogens (tertiary/aromatic N) is 2. The molecule has 4 heteroatoms. The highest BCUT2D eigenvalue weighted by Crippen LogP contribution is 2.31. The number of thioether (sulfide) groups is 1. The van der Waals surface area contributed by atoms with Crippen molar-refractivity contribution in [2.24, 2.45) is 0 Å². The van der Waals surface area contributed by atoms with Crippen LogP contribution in [-0.4, -0.2) is 34.1 Å². The molecule has 0 atom stereocenters. The van der Waals surface area contributed by atoms with Gasteiger partial charge in [-0.25, -0.2) is 4.98 Å². The molecule has 21 heavy (non-hydrogen) atoms. The minimum Gasteiger partial charge on any atom is -0.356 e. The van der Waals surface area contributed by atoms with Crippen LogP contribution >= 0.6 is 11.8 Å². The maximum absolute atomic E-state index is 4.59. The van der Waals surface area contributed by atoms with Gasteiger partial charge >= 0.3 is 0 Å². The molecular weight excluding hydrogens is 278 g/mol. The number of aromatic nitrogens is 1. The van der Waals surface area contributed by atoms with Gasteiger partial charge in [0.2, 0.25) is 0 Å². The van der Waals surface area contributed by atoms with E-state index < -0.39 is 0 Å². The van der Waals surface area contributed by atoms with Crippen molar-refractivity contribution >= 4 is 17.6 Å². The normalized spacial score (nSPS) is 19.4. The number of nitrogens with one attached hydrogen (secondary N) is 1. The molecule has 0 aromatic carbocycles. The highest BCUT2D eigenvalue weighted by molar-refractivity contribution is 8.00. The number of hydrogen-bond acceptors (Lipinski definition) is 4. The monoisotopic (exact) mass is 307 g/mol.